The van der Waals surface area contributed by atoms with Crippen molar-refractivity contribution in [1.82, 2.24) is 9.97 Å². The van der Waals surface area contributed by atoms with Crippen LogP contribution in [0.2, 0.25) is 0 Å². The lowest BCUT2D eigenvalue weighted by atomic mass is 10.1. The number of nitrogens with zero attached hydrogens (tertiary/aromatic N) is 2. The van der Waals surface area contributed by atoms with Crippen LogP contribution in [-0.4, -0.2) is 23.1 Å². The Kier molecular flexibility index (Phi) is 2.84. The summed E-state index contributed by atoms with van der Waals surface area (Å²) in [6.07, 6.45) is 2.75. The van der Waals surface area contributed by atoms with Crippen molar-refractivity contribution in [1.29, 1.82) is 0 Å². The molecule has 0 atom stereocenters. The lowest BCUT2D eigenvalue weighted by Gasteiger charge is -2.06. The van der Waals surface area contributed by atoms with Gasteiger partial charge in [-0.1, -0.05) is 0 Å². The van der Waals surface area contributed by atoms with Gasteiger partial charge in [0, 0.05) is 24.7 Å². The van der Waals surface area contributed by atoms with Gasteiger partial charge in [0.05, 0.1) is 6.61 Å². The molecule has 0 unspecified atom stereocenters. The molecule has 0 amide bonds. The maximum atomic E-state index is 5.50. The van der Waals surface area contributed by atoms with Crippen LogP contribution in [-0.2, 0) is 6.42 Å². The third-order valence-electron chi connectivity index (χ3n) is 2.96. The van der Waals surface area contributed by atoms with E-state index in [4.69, 9.17) is 4.74 Å². The van der Waals surface area contributed by atoms with E-state index < -0.39 is 0 Å². The molecule has 0 spiro atoms. The van der Waals surface area contributed by atoms with Crippen LogP contribution < -0.4 is 10.1 Å². The van der Waals surface area contributed by atoms with Gasteiger partial charge in [-0.05, 0) is 36.8 Å². The molecule has 0 saturated carbocycles. The molecule has 1 N–H and O–H groups in total. The first-order chi connectivity index (χ1) is 8.86. The quantitative estimate of drug-likeness (QED) is 0.897. The zero-order valence-electron chi connectivity index (χ0n) is 10.3. The number of ether oxygens (including phenoxy) is 1. The summed E-state index contributed by atoms with van der Waals surface area (Å²) >= 11 is 0. The highest BCUT2D eigenvalue weighted by atomic mass is 16.5. The van der Waals surface area contributed by atoms with Gasteiger partial charge in [-0.15, -0.1) is 0 Å². The van der Waals surface area contributed by atoms with Crippen molar-refractivity contribution >= 4 is 5.82 Å². The highest BCUT2D eigenvalue weighted by Gasteiger charge is 2.13. The Bertz CT molecular complexity index is 569. The molecule has 1 aliphatic rings. The van der Waals surface area contributed by atoms with Gasteiger partial charge in [0.2, 0.25) is 0 Å². The zero-order chi connectivity index (χ0) is 12.4. The van der Waals surface area contributed by atoms with Crippen molar-refractivity contribution < 1.29 is 4.74 Å². The molecule has 4 heteroatoms. The lowest BCUT2D eigenvalue weighted by Crippen LogP contribution is -2.00. The summed E-state index contributed by atoms with van der Waals surface area (Å²) in [5.74, 6) is 2.60. The molecule has 0 aliphatic carbocycles. The van der Waals surface area contributed by atoms with E-state index in [1.54, 1.807) is 6.20 Å². The summed E-state index contributed by atoms with van der Waals surface area (Å²) in [5.41, 5.74) is 2.28. The van der Waals surface area contributed by atoms with E-state index in [9.17, 15) is 0 Å². The topological polar surface area (TPSA) is 47.0 Å². The summed E-state index contributed by atoms with van der Waals surface area (Å²) in [7, 11) is 0. The number of aromatic nitrogens is 2. The van der Waals surface area contributed by atoms with Crippen molar-refractivity contribution in [3.63, 3.8) is 0 Å². The SMILES string of the molecule is CCNc1ccnc(-c2ccc3c(c2)CCO3)n1. The third-order valence-corrected chi connectivity index (χ3v) is 2.96. The van der Waals surface area contributed by atoms with Gasteiger partial charge in [0.25, 0.3) is 0 Å². The van der Waals surface area contributed by atoms with Crippen molar-refractivity contribution in [2.75, 3.05) is 18.5 Å². The molecule has 1 aromatic heterocycles. The maximum absolute atomic E-state index is 5.50. The summed E-state index contributed by atoms with van der Waals surface area (Å²) < 4.78 is 5.50. The Morgan fingerprint density at radius 3 is 3.17 bits per heavy atom. The van der Waals surface area contributed by atoms with Crippen molar-refractivity contribution in [3.05, 3.63) is 36.0 Å². The normalized spacial score (nSPS) is 12.9. The summed E-state index contributed by atoms with van der Waals surface area (Å²) in [6.45, 7) is 3.68. The molecule has 0 saturated heterocycles. The number of hydrogen-bond donors (Lipinski definition) is 1. The van der Waals surface area contributed by atoms with Gasteiger partial charge in [-0.3, -0.25) is 0 Å². The number of hydrogen-bond acceptors (Lipinski definition) is 4. The van der Waals surface area contributed by atoms with Gasteiger partial charge >= 0.3 is 0 Å². The van der Waals surface area contributed by atoms with Crippen LogP contribution in [0.5, 0.6) is 5.75 Å². The average molecular weight is 241 g/mol. The van der Waals surface area contributed by atoms with Gasteiger partial charge in [-0.25, -0.2) is 9.97 Å². The second-order valence-electron chi connectivity index (χ2n) is 4.22. The highest BCUT2D eigenvalue weighted by Crippen LogP contribution is 2.29. The van der Waals surface area contributed by atoms with Crippen LogP contribution in [0, 0.1) is 0 Å². The first-order valence-electron chi connectivity index (χ1n) is 6.20. The third kappa shape index (κ3) is 2.01. The molecule has 3 rings (SSSR count). The Labute approximate surface area is 106 Å². The molecular weight excluding hydrogens is 226 g/mol. The first-order valence-corrected chi connectivity index (χ1v) is 6.20. The second-order valence-corrected chi connectivity index (χ2v) is 4.22. The van der Waals surface area contributed by atoms with E-state index in [1.165, 1.54) is 5.56 Å². The van der Waals surface area contributed by atoms with Gasteiger partial charge in [-0.2, -0.15) is 0 Å². The van der Waals surface area contributed by atoms with Crippen LogP contribution in [0.15, 0.2) is 30.5 Å². The van der Waals surface area contributed by atoms with Crippen LogP contribution in [0.25, 0.3) is 11.4 Å². The Morgan fingerprint density at radius 2 is 2.28 bits per heavy atom. The largest absolute Gasteiger partial charge is 0.493 e. The van der Waals surface area contributed by atoms with E-state index >= 15 is 0 Å². The van der Waals surface area contributed by atoms with E-state index in [0.29, 0.717) is 0 Å². The number of nitrogens with one attached hydrogen (secondary N) is 1. The van der Waals surface area contributed by atoms with Crippen LogP contribution in [0.4, 0.5) is 5.82 Å². The molecule has 1 aromatic carbocycles. The molecule has 0 bridgehead atoms. The maximum Gasteiger partial charge on any atom is 0.161 e. The monoisotopic (exact) mass is 241 g/mol. The molecule has 2 heterocycles. The van der Waals surface area contributed by atoms with Gasteiger partial charge in [0.1, 0.15) is 11.6 Å². The Morgan fingerprint density at radius 1 is 1.33 bits per heavy atom. The predicted molar refractivity (Wildman–Crippen MR) is 70.8 cm³/mol. The molecule has 4 nitrogen and oxygen atoms in total. The average Bonchev–Trinajstić information content (AvgIpc) is 2.86. The van der Waals surface area contributed by atoms with Crippen molar-refractivity contribution in [3.8, 4) is 17.1 Å². The minimum absolute atomic E-state index is 0.753. The number of anilines is 1. The van der Waals surface area contributed by atoms with E-state index in [-0.39, 0.29) is 0 Å². The number of rotatable bonds is 3. The van der Waals surface area contributed by atoms with Crippen LogP contribution in [0.1, 0.15) is 12.5 Å². The second kappa shape index (κ2) is 4.64. The molecule has 18 heavy (non-hydrogen) atoms. The van der Waals surface area contributed by atoms with Crippen molar-refractivity contribution in [2.24, 2.45) is 0 Å². The number of fused-ring (bicyclic) bond motifs is 1. The van der Waals surface area contributed by atoms with Crippen molar-refractivity contribution in [2.45, 2.75) is 13.3 Å². The smallest absolute Gasteiger partial charge is 0.161 e. The number of benzene rings is 1. The fourth-order valence-electron chi connectivity index (χ4n) is 2.10. The lowest BCUT2D eigenvalue weighted by molar-refractivity contribution is 0.357. The van der Waals surface area contributed by atoms with E-state index in [0.717, 1.165) is 42.5 Å². The van der Waals surface area contributed by atoms with Crippen LogP contribution in [0.3, 0.4) is 0 Å². The zero-order valence-corrected chi connectivity index (χ0v) is 10.3. The molecular formula is C14H15N3O. The molecule has 2 aromatic rings. The Hall–Kier alpha value is -2.10. The van der Waals surface area contributed by atoms with E-state index in [2.05, 4.69) is 28.3 Å². The fraction of sp³-hybridized carbons (Fsp3) is 0.286. The first kappa shape index (κ1) is 11.0. The minimum Gasteiger partial charge on any atom is -0.493 e. The summed E-state index contributed by atoms with van der Waals surface area (Å²) in [4.78, 5) is 8.82. The molecule has 0 radical (unpaired) electrons. The van der Waals surface area contributed by atoms with Crippen LogP contribution >= 0.6 is 0 Å². The standard InChI is InChI=1S/C14H15N3O/c1-2-15-13-5-7-16-14(17-13)11-3-4-12-10(9-11)6-8-18-12/h3-5,7,9H,2,6,8H2,1H3,(H,15,16,17). The summed E-state index contributed by atoms with van der Waals surface area (Å²) in [6, 6.07) is 8.01. The minimum atomic E-state index is 0.753. The predicted octanol–water partition coefficient (Wildman–Crippen LogP) is 2.51. The fourth-order valence-corrected chi connectivity index (χ4v) is 2.10. The molecule has 0 fully saturated rings. The van der Waals surface area contributed by atoms with Gasteiger partial charge < -0.3 is 10.1 Å². The molecule has 92 valence electrons. The van der Waals surface area contributed by atoms with E-state index in [1.807, 2.05) is 18.2 Å². The van der Waals surface area contributed by atoms with Gasteiger partial charge in [0.15, 0.2) is 5.82 Å². The Balaban J connectivity index is 1.96. The summed E-state index contributed by atoms with van der Waals surface area (Å²) in [5, 5.41) is 3.19. The highest BCUT2D eigenvalue weighted by molar-refractivity contribution is 5.60. The molecule has 1 aliphatic heterocycles.